The lowest BCUT2D eigenvalue weighted by atomic mass is 9.90. The average Bonchev–Trinajstić information content (AvgIpc) is 2.79. The SMILES string of the molecule is O=C1CCc2cc(S(=O)(=O)NCC(=O)N3CCC(Cc4ccc(F)cc4)CC3)ccc2N1. The van der Waals surface area contributed by atoms with Crippen LogP contribution in [0.25, 0.3) is 0 Å². The average molecular weight is 460 g/mol. The van der Waals surface area contributed by atoms with Crippen molar-refractivity contribution in [1.29, 1.82) is 0 Å². The van der Waals surface area contributed by atoms with Crippen LogP contribution in [-0.4, -0.2) is 44.8 Å². The van der Waals surface area contributed by atoms with E-state index in [0.717, 1.165) is 30.4 Å². The molecular weight excluding hydrogens is 433 g/mol. The normalized spacial score (nSPS) is 17.0. The van der Waals surface area contributed by atoms with Gasteiger partial charge in [-0.25, -0.2) is 17.5 Å². The van der Waals surface area contributed by atoms with Gasteiger partial charge in [0.25, 0.3) is 0 Å². The molecule has 32 heavy (non-hydrogen) atoms. The second-order valence-corrected chi connectivity index (χ2v) is 10.1. The Bertz CT molecular complexity index is 1110. The van der Waals surface area contributed by atoms with Crippen molar-refractivity contribution in [2.45, 2.75) is 37.0 Å². The van der Waals surface area contributed by atoms with Crippen molar-refractivity contribution in [3.05, 3.63) is 59.4 Å². The summed E-state index contributed by atoms with van der Waals surface area (Å²) in [4.78, 5) is 25.8. The Morgan fingerprint density at radius 1 is 1.09 bits per heavy atom. The Kier molecular flexibility index (Phi) is 6.57. The fourth-order valence-electron chi connectivity index (χ4n) is 4.22. The molecule has 1 saturated heterocycles. The number of carbonyl (C=O) groups is 2. The van der Waals surface area contributed by atoms with E-state index < -0.39 is 10.0 Å². The number of anilines is 1. The highest BCUT2D eigenvalue weighted by Gasteiger charge is 2.25. The summed E-state index contributed by atoms with van der Waals surface area (Å²) in [6.07, 6.45) is 3.29. The van der Waals surface area contributed by atoms with E-state index in [0.29, 0.717) is 37.5 Å². The van der Waals surface area contributed by atoms with Gasteiger partial charge in [0.15, 0.2) is 0 Å². The van der Waals surface area contributed by atoms with E-state index in [2.05, 4.69) is 10.0 Å². The first-order valence-electron chi connectivity index (χ1n) is 10.7. The predicted octanol–water partition coefficient (Wildman–Crippen LogP) is 2.47. The Morgan fingerprint density at radius 3 is 2.53 bits per heavy atom. The Balaban J connectivity index is 1.28. The van der Waals surface area contributed by atoms with E-state index >= 15 is 0 Å². The van der Waals surface area contributed by atoms with Gasteiger partial charge in [-0.1, -0.05) is 12.1 Å². The van der Waals surface area contributed by atoms with E-state index in [1.165, 1.54) is 18.2 Å². The quantitative estimate of drug-likeness (QED) is 0.694. The number of benzene rings is 2. The van der Waals surface area contributed by atoms with Gasteiger partial charge in [-0.15, -0.1) is 0 Å². The Hall–Kier alpha value is -2.78. The summed E-state index contributed by atoms with van der Waals surface area (Å²) in [6.45, 7) is 0.856. The van der Waals surface area contributed by atoms with Crippen molar-refractivity contribution < 1.29 is 22.4 Å². The fraction of sp³-hybridized carbons (Fsp3) is 0.391. The number of aryl methyl sites for hydroxylation is 1. The number of piperidine rings is 1. The molecule has 0 unspecified atom stereocenters. The number of carbonyl (C=O) groups excluding carboxylic acids is 2. The smallest absolute Gasteiger partial charge is 0.241 e. The third-order valence-corrected chi connectivity index (χ3v) is 7.50. The van der Waals surface area contributed by atoms with Gasteiger partial charge >= 0.3 is 0 Å². The molecule has 0 radical (unpaired) electrons. The highest BCUT2D eigenvalue weighted by Crippen LogP contribution is 2.25. The van der Waals surface area contributed by atoms with Crippen LogP contribution < -0.4 is 10.0 Å². The van der Waals surface area contributed by atoms with Crippen molar-refractivity contribution in [2.75, 3.05) is 25.0 Å². The van der Waals surface area contributed by atoms with Crippen LogP contribution >= 0.6 is 0 Å². The van der Waals surface area contributed by atoms with Crippen LogP contribution in [0.5, 0.6) is 0 Å². The molecule has 0 aliphatic carbocycles. The van der Waals surface area contributed by atoms with Crippen LogP contribution in [0.1, 0.15) is 30.4 Å². The number of hydrogen-bond donors (Lipinski definition) is 2. The number of nitrogens with one attached hydrogen (secondary N) is 2. The minimum absolute atomic E-state index is 0.0817. The number of amides is 2. The van der Waals surface area contributed by atoms with Crippen molar-refractivity contribution >= 4 is 27.5 Å². The number of likely N-dealkylation sites (tertiary alicyclic amines) is 1. The van der Waals surface area contributed by atoms with Gasteiger partial charge in [-0.3, -0.25) is 9.59 Å². The van der Waals surface area contributed by atoms with Crippen LogP contribution in [0.15, 0.2) is 47.4 Å². The van der Waals surface area contributed by atoms with Crippen LogP contribution in [0.4, 0.5) is 10.1 Å². The van der Waals surface area contributed by atoms with Gasteiger partial charge in [0.2, 0.25) is 21.8 Å². The highest BCUT2D eigenvalue weighted by molar-refractivity contribution is 7.89. The molecule has 2 amide bonds. The molecule has 7 nitrogen and oxygen atoms in total. The second kappa shape index (κ2) is 9.38. The lowest BCUT2D eigenvalue weighted by Gasteiger charge is -2.32. The molecule has 0 bridgehead atoms. The monoisotopic (exact) mass is 459 g/mol. The molecule has 2 aliphatic rings. The molecule has 0 atom stereocenters. The summed E-state index contributed by atoms with van der Waals surface area (Å²) in [5, 5.41) is 2.72. The van der Waals surface area contributed by atoms with E-state index in [1.54, 1.807) is 29.2 Å². The number of hydrogen-bond acceptors (Lipinski definition) is 4. The van der Waals surface area contributed by atoms with E-state index in [9.17, 15) is 22.4 Å². The second-order valence-electron chi connectivity index (χ2n) is 8.35. The third kappa shape index (κ3) is 5.34. The van der Waals surface area contributed by atoms with Gasteiger partial charge in [0.1, 0.15) is 5.82 Å². The molecule has 2 aromatic rings. The molecule has 0 aromatic heterocycles. The van der Waals surface area contributed by atoms with Gasteiger partial charge in [0, 0.05) is 25.2 Å². The van der Waals surface area contributed by atoms with Crippen molar-refractivity contribution in [2.24, 2.45) is 5.92 Å². The predicted molar refractivity (Wildman–Crippen MR) is 118 cm³/mol. The number of nitrogens with zero attached hydrogens (tertiary/aromatic N) is 1. The molecule has 2 N–H and O–H groups in total. The number of halogens is 1. The van der Waals surface area contributed by atoms with Gasteiger partial charge in [-0.2, -0.15) is 0 Å². The molecule has 2 aromatic carbocycles. The largest absolute Gasteiger partial charge is 0.342 e. The fourth-order valence-corrected chi connectivity index (χ4v) is 5.24. The standard InChI is InChI=1S/C23H26FN3O4S/c24-19-4-1-16(2-5-19)13-17-9-11-27(12-10-17)23(29)15-25-32(30,31)20-6-7-21-18(14-20)3-8-22(28)26-21/h1-2,4-7,14,17,25H,3,8-13,15H2,(H,26,28). The van der Waals surface area contributed by atoms with Gasteiger partial charge < -0.3 is 10.2 Å². The first kappa shape index (κ1) is 22.4. The summed E-state index contributed by atoms with van der Waals surface area (Å²) in [5.74, 6) is -0.173. The molecule has 0 spiro atoms. The summed E-state index contributed by atoms with van der Waals surface area (Å²) >= 11 is 0. The van der Waals surface area contributed by atoms with Crippen molar-refractivity contribution in [3.8, 4) is 0 Å². The number of sulfonamides is 1. The van der Waals surface area contributed by atoms with Gasteiger partial charge in [-0.05, 0) is 73.1 Å². The number of fused-ring (bicyclic) bond motifs is 1. The molecule has 2 heterocycles. The summed E-state index contributed by atoms with van der Waals surface area (Å²) in [5.41, 5.74) is 2.47. The zero-order valence-electron chi connectivity index (χ0n) is 17.6. The third-order valence-electron chi connectivity index (χ3n) is 6.10. The lowest BCUT2D eigenvalue weighted by Crippen LogP contribution is -2.44. The van der Waals surface area contributed by atoms with Crippen LogP contribution in [-0.2, 0) is 32.5 Å². The van der Waals surface area contributed by atoms with Crippen molar-refractivity contribution in [3.63, 3.8) is 0 Å². The maximum Gasteiger partial charge on any atom is 0.241 e. The lowest BCUT2D eigenvalue weighted by molar-refractivity contribution is -0.131. The van der Waals surface area contributed by atoms with E-state index in [4.69, 9.17) is 0 Å². The molecule has 1 fully saturated rings. The first-order valence-corrected chi connectivity index (χ1v) is 12.2. The molecular formula is C23H26FN3O4S. The minimum atomic E-state index is -3.84. The molecule has 4 rings (SSSR count). The van der Waals surface area contributed by atoms with E-state index in [1.807, 2.05) is 0 Å². The molecule has 9 heteroatoms. The minimum Gasteiger partial charge on any atom is -0.342 e. The zero-order chi connectivity index (χ0) is 22.7. The van der Waals surface area contributed by atoms with Crippen LogP contribution in [0.2, 0.25) is 0 Å². The maximum absolute atomic E-state index is 13.1. The van der Waals surface area contributed by atoms with Gasteiger partial charge in [0.05, 0.1) is 11.4 Å². The highest BCUT2D eigenvalue weighted by atomic mass is 32.2. The van der Waals surface area contributed by atoms with Crippen molar-refractivity contribution in [1.82, 2.24) is 9.62 Å². The molecule has 0 saturated carbocycles. The number of rotatable bonds is 6. The molecule has 2 aliphatic heterocycles. The van der Waals surface area contributed by atoms with Crippen LogP contribution in [0, 0.1) is 11.7 Å². The Morgan fingerprint density at radius 2 is 1.81 bits per heavy atom. The molecule has 170 valence electrons. The summed E-state index contributed by atoms with van der Waals surface area (Å²) in [6, 6.07) is 11.0. The Labute approximate surface area is 187 Å². The zero-order valence-corrected chi connectivity index (χ0v) is 18.5. The van der Waals surface area contributed by atoms with E-state index in [-0.39, 0.29) is 29.1 Å². The topological polar surface area (TPSA) is 95.6 Å². The van der Waals surface area contributed by atoms with Crippen LogP contribution in [0.3, 0.4) is 0 Å². The summed E-state index contributed by atoms with van der Waals surface area (Å²) < 4.78 is 40.8. The summed E-state index contributed by atoms with van der Waals surface area (Å²) in [7, 11) is -3.84. The first-order chi connectivity index (χ1) is 15.3. The maximum atomic E-state index is 13.1.